The zero-order valence-corrected chi connectivity index (χ0v) is 16.3. The van der Waals surface area contributed by atoms with Gasteiger partial charge in [0.05, 0.1) is 0 Å². The van der Waals surface area contributed by atoms with Crippen LogP contribution in [0.25, 0.3) is 11.3 Å². The highest BCUT2D eigenvalue weighted by Crippen LogP contribution is 2.39. The molecule has 3 aromatic rings. The lowest BCUT2D eigenvalue weighted by atomic mass is 10.1. The van der Waals surface area contributed by atoms with Gasteiger partial charge in [-0.1, -0.05) is 49.5 Å². The molecule has 0 aliphatic carbocycles. The second kappa shape index (κ2) is 8.31. The first-order valence-electron chi connectivity index (χ1n) is 9.02. The van der Waals surface area contributed by atoms with Crippen LogP contribution in [0.2, 0.25) is 0 Å². The molecule has 1 aliphatic rings. The number of thioether (sulfide) groups is 1. The van der Waals surface area contributed by atoms with Crippen LogP contribution in [0.5, 0.6) is 11.6 Å². The van der Waals surface area contributed by atoms with Crippen molar-refractivity contribution in [3.63, 3.8) is 0 Å². The van der Waals surface area contributed by atoms with Crippen molar-refractivity contribution in [2.24, 2.45) is 0 Å². The first-order valence-corrected chi connectivity index (χ1v) is 10.0. The minimum Gasteiger partial charge on any atom is -0.490 e. The highest BCUT2D eigenvalue weighted by molar-refractivity contribution is 7.99. The van der Waals surface area contributed by atoms with E-state index in [9.17, 15) is 0 Å². The smallest absolute Gasteiger partial charge is 0.247 e. The summed E-state index contributed by atoms with van der Waals surface area (Å²) in [6.45, 7) is 6.19. The number of hydrogen-bond donors (Lipinski definition) is 1. The molecule has 0 fully saturated rings. The quantitative estimate of drug-likeness (QED) is 0.481. The van der Waals surface area contributed by atoms with E-state index in [-0.39, 0.29) is 0 Å². The summed E-state index contributed by atoms with van der Waals surface area (Å²) in [6, 6.07) is 15.7. The Balaban J connectivity index is 1.71. The number of nitrogens with zero attached hydrogens (tertiary/aromatic N) is 3. The molecular weight excluding hydrogens is 372 g/mol. The van der Waals surface area contributed by atoms with E-state index in [4.69, 9.17) is 9.47 Å². The predicted molar refractivity (Wildman–Crippen MR) is 111 cm³/mol. The van der Waals surface area contributed by atoms with Gasteiger partial charge in [0.2, 0.25) is 11.0 Å². The van der Waals surface area contributed by atoms with Crippen molar-refractivity contribution in [1.29, 1.82) is 0 Å². The molecule has 0 amide bonds. The molecule has 0 spiro atoms. The summed E-state index contributed by atoms with van der Waals surface area (Å²) in [4.78, 5) is 4.59. The monoisotopic (exact) mass is 392 g/mol. The molecule has 7 heteroatoms. The SMILES string of the molecule is C=CCOc1ccc(C2Nc3ccccc3-c3nnc(SCC)nc3O2)cc1. The Hall–Kier alpha value is -3.06. The lowest BCUT2D eigenvalue weighted by Crippen LogP contribution is -2.17. The van der Waals surface area contributed by atoms with Crippen LogP contribution in [0.15, 0.2) is 66.3 Å². The van der Waals surface area contributed by atoms with Gasteiger partial charge in [-0.15, -0.1) is 10.2 Å². The minimum absolute atomic E-state index is 0.410. The molecule has 1 atom stereocenters. The summed E-state index contributed by atoms with van der Waals surface area (Å²) in [5.74, 6) is 2.12. The van der Waals surface area contributed by atoms with Gasteiger partial charge in [0, 0.05) is 16.8 Å². The fraction of sp³-hybridized carbons (Fsp3) is 0.190. The Labute approximate surface area is 168 Å². The number of hydrogen-bond acceptors (Lipinski definition) is 7. The number of rotatable bonds is 6. The second-order valence-electron chi connectivity index (χ2n) is 6.04. The molecule has 2 heterocycles. The van der Waals surface area contributed by atoms with Crippen LogP contribution in [-0.2, 0) is 0 Å². The first kappa shape index (κ1) is 18.3. The van der Waals surface area contributed by atoms with Gasteiger partial charge in [0.15, 0.2) is 11.9 Å². The van der Waals surface area contributed by atoms with Crippen LogP contribution >= 0.6 is 11.8 Å². The van der Waals surface area contributed by atoms with Crippen molar-refractivity contribution in [1.82, 2.24) is 15.2 Å². The van der Waals surface area contributed by atoms with Crippen LogP contribution < -0.4 is 14.8 Å². The van der Waals surface area contributed by atoms with Crippen LogP contribution in [0.1, 0.15) is 18.7 Å². The number of anilines is 1. The van der Waals surface area contributed by atoms with E-state index >= 15 is 0 Å². The van der Waals surface area contributed by atoms with Crippen molar-refractivity contribution >= 4 is 17.4 Å². The van der Waals surface area contributed by atoms with Gasteiger partial charge in [-0.05, 0) is 36.1 Å². The second-order valence-corrected chi connectivity index (χ2v) is 7.27. The highest BCUT2D eigenvalue weighted by atomic mass is 32.2. The summed E-state index contributed by atoms with van der Waals surface area (Å²) >= 11 is 1.53. The Morgan fingerprint density at radius 2 is 2.00 bits per heavy atom. The number of benzene rings is 2. The number of aromatic nitrogens is 3. The van der Waals surface area contributed by atoms with Gasteiger partial charge >= 0.3 is 0 Å². The third kappa shape index (κ3) is 3.80. The van der Waals surface area contributed by atoms with E-state index in [1.54, 1.807) is 6.08 Å². The van der Waals surface area contributed by atoms with E-state index in [0.29, 0.717) is 23.3 Å². The van der Waals surface area contributed by atoms with E-state index in [1.807, 2.05) is 48.5 Å². The number of para-hydroxylation sites is 1. The van der Waals surface area contributed by atoms with E-state index in [2.05, 4.69) is 34.0 Å². The maximum absolute atomic E-state index is 6.24. The van der Waals surface area contributed by atoms with E-state index < -0.39 is 6.23 Å². The highest BCUT2D eigenvalue weighted by Gasteiger charge is 2.25. The fourth-order valence-corrected chi connectivity index (χ4v) is 3.39. The summed E-state index contributed by atoms with van der Waals surface area (Å²) < 4.78 is 11.8. The number of fused-ring (bicyclic) bond motifs is 3. The van der Waals surface area contributed by atoms with Crippen molar-refractivity contribution in [3.05, 3.63) is 66.7 Å². The van der Waals surface area contributed by atoms with E-state index in [0.717, 1.165) is 28.3 Å². The van der Waals surface area contributed by atoms with Crippen molar-refractivity contribution in [3.8, 4) is 22.9 Å². The zero-order chi connectivity index (χ0) is 19.3. The molecule has 1 N–H and O–H groups in total. The molecule has 142 valence electrons. The van der Waals surface area contributed by atoms with Gasteiger partial charge in [0.1, 0.15) is 12.4 Å². The van der Waals surface area contributed by atoms with Crippen LogP contribution in [0.3, 0.4) is 0 Å². The summed E-state index contributed by atoms with van der Waals surface area (Å²) in [6.07, 6.45) is 1.31. The maximum atomic E-state index is 6.24. The average Bonchev–Trinajstić information content (AvgIpc) is 2.89. The van der Waals surface area contributed by atoms with Crippen molar-refractivity contribution < 1.29 is 9.47 Å². The molecule has 0 radical (unpaired) electrons. The molecule has 28 heavy (non-hydrogen) atoms. The zero-order valence-electron chi connectivity index (χ0n) is 15.5. The van der Waals surface area contributed by atoms with Gasteiger partial charge in [-0.2, -0.15) is 4.98 Å². The molecule has 2 aromatic carbocycles. The molecule has 0 saturated carbocycles. The average molecular weight is 392 g/mol. The third-order valence-electron chi connectivity index (χ3n) is 4.16. The molecule has 1 unspecified atom stereocenters. The number of nitrogens with one attached hydrogen (secondary N) is 1. The first-order chi connectivity index (χ1) is 13.8. The van der Waals surface area contributed by atoms with Gasteiger partial charge < -0.3 is 14.8 Å². The topological polar surface area (TPSA) is 69.2 Å². The lowest BCUT2D eigenvalue weighted by Gasteiger charge is -2.19. The predicted octanol–water partition coefficient (Wildman–Crippen LogP) is 4.72. The normalized spacial score (nSPS) is 14.7. The molecule has 6 nitrogen and oxygen atoms in total. The fourth-order valence-electron chi connectivity index (χ4n) is 2.88. The maximum Gasteiger partial charge on any atom is 0.247 e. The summed E-state index contributed by atoms with van der Waals surface area (Å²) in [5.41, 5.74) is 3.43. The molecule has 0 bridgehead atoms. The van der Waals surface area contributed by atoms with Crippen molar-refractivity contribution in [2.45, 2.75) is 18.3 Å². The van der Waals surface area contributed by atoms with E-state index in [1.165, 1.54) is 11.8 Å². The Morgan fingerprint density at radius 1 is 1.18 bits per heavy atom. The third-order valence-corrected chi connectivity index (χ3v) is 4.88. The van der Waals surface area contributed by atoms with Crippen molar-refractivity contribution in [2.75, 3.05) is 17.7 Å². The lowest BCUT2D eigenvalue weighted by molar-refractivity contribution is 0.225. The Kier molecular flexibility index (Phi) is 5.43. The van der Waals surface area contributed by atoms with Gasteiger partial charge in [0.25, 0.3) is 0 Å². The molecule has 1 aliphatic heterocycles. The standard InChI is InChI=1S/C21H20N4O2S/c1-3-13-26-15-11-9-14(10-12-15)19-22-17-8-6-5-7-16(17)18-20(27-19)23-21(25-24-18)28-4-2/h3,5-12,19,22H,1,4,13H2,2H3. The van der Waals surface area contributed by atoms with Crippen LogP contribution in [0.4, 0.5) is 5.69 Å². The Bertz CT molecular complexity index is 978. The van der Waals surface area contributed by atoms with Crippen LogP contribution in [-0.4, -0.2) is 27.5 Å². The van der Waals surface area contributed by atoms with Gasteiger partial charge in [-0.3, -0.25) is 0 Å². The minimum atomic E-state index is -0.410. The van der Waals surface area contributed by atoms with Gasteiger partial charge in [-0.25, -0.2) is 0 Å². The molecule has 4 rings (SSSR count). The summed E-state index contributed by atoms with van der Waals surface area (Å²) in [5, 5.41) is 12.7. The molecule has 1 aromatic heterocycles. The molecule has 0 saturated heterocycles. The van der Waals surface area contributed by atoms with Crippen LogP contribution in [0, 0.1) is 0 Å². The molecular formula is C21H20N4O2S. The number of ether oxygens (including phenoxy) is 2. The largest absolute Gasteiger partial charge is 0.490 e. The Morgan fingerprint density at radius 3 is 2.79 bits per heavy atom. The summed E-state index contributed by atoms with van der Waals surface area (Å²) in [7, 11) is 0.